The van der Waals surface area contributed by atoms with Gasteiger partial charge >= 0.3 is 6.01 Å². The van der Waals surface area contributed by atoms with Gasteiger partial charge in [0.15, 0.2) is 0 Å². The Labute approximate surface area is 116 Å². The smallest absolute Gasteiger partial charge is 0.336 e. The number of H-pyrrole nitrogens is 1. The van der Waals surface area contributed by atoms with Crippen LogP contribution in [0.5, 0.6) is 6.01 Å². The van der Waals surface area contributed by atoms with Gasteiger partial charge in [-0.3, -0.25) is 10.1 Å². The second-order valence-electron chi connectivity index (χ2n) is 4.09. The Kier molecular flexibility index (Phi) is 4.49. The number of aryl methyl sites for hydroxylation is 1. The van der Waals surface area contributed by atoms with Crippen LogP contribution in [0.4, 0.5) is 5.95 Å². The van der Waals surface area contributed by atoms with Crippen LogP contribution in [-0.4, -0.2) is 28.2 Å². The molecular weight excluding hydrogens is 256 g/mol. The number of hydrogen-bond acceptors (Lipinski definition) is 4. The van der Waals surface area contributed by atoms with Gasteiger partial charge in [0.1, 0.15) is 0 Å². The monoisotopic (exact) mass is 272 g/mol. The second kappa shape index (κ2) is 6.51. The third-order valence-corrected chi connectivity index (χ3v) is 2.70. The first kappa shape index (κ1) is 13.8. The Bertz CT molecular complexity index is 602. The lowest BCUT2D eigenvalue weighted by Gasteiger charge is -1.98. The lowest BCUT2D eigenvalue weighted by Crippen LogP contribution is -2.09. The number of amides is 1. The summed E-state index contributed by atoms with van der Waals surface area (Å²) in [6.45, 7) is 2.10. The predicted octanol–water partition coefficient (Wildman–Crippen LogP) is 2.03. The number of nitrogens with one attached hydrogen (secondary N) is 2. The van der Waals surface area contributed by atoms with Gasteiger partial charge in [0.25, 0.3) is 5.91 Å². The Morgan fingerprint density at radius 1 is 1.40 bits per heavy atom. The van der Waals surface area contributed by atoms with Gasteiger partial charge in [0.2, 0.25) is 5.95 Å². The fourth-order valence-corrected chi connectivity index (χ4v) is 1.59. The van der Waals surface area contributed by atoms with E-state index in [2.05, 4.69) is 27.4 Å². The highest BCUT2D eigenvalue weighted by molar-refractivity contribution is 6.00. The molecule has 0 unspecified atom stereocenters. The summed E-state index contributed by atoms with van der Waals surface area (Å²) < 4.78 is 4.80. The van der Waals surface area contributed by atoms with Crippen molar-refractivity contribution in [3.8, 4) is 6.01 Å². The van der Waals surface area contributed by atoms with Gasteiger partial charge < -0.3 is 4.74 Å². The van der Waals surface area contributed by atoms with Gasteiger partial charge in [0, 0.05) is 6.08 Å². The van der Waals surface area contributed by atoms with Gasteiger partial charge in [-0.05, 0) is 23.6 Å². The summed E-state index contributed by atoms with van der Waals surface area (Å²) in [5.74, 6) is -0.0406. The summed E-state index contributed by atoms with van der Waals surface area (Å²) in [6, 6.07) is 8.21. The van der Waals surface area contributed by atoms with Crippen LogP contribution in [0.15, 0.2) is 30.3 Å². The normalized spacial score (nSPS) is 10.7. The lowest BCUT2D eigenvalue weighted by atomic mass is 10.1. The molecule has 104 valence electrons. The van der Waals surface area contributed by atoms with E-state index in [9.17, 15) is 4.79 Å². The van der Waals surface area contributed by atoms with E-state index in [0.29, 0.717) is 0 Å². The number of aromatic nitrogens is 3. The number of benzene rings is 1. The minimum absolute atomic E-state index is 0.180. The van der Waals surface area contributed by atoms with Crippen LogP contribution in [0.3, 0.4) is 0 Å². The van der Waals surface area contributed by atoms with E-state index < -0.39 is 0 Å². The molecule has 1 aromatic carbocycles. The van der Waals surface area contributed by atoms with Crippen molar-refractivity contribution >= 4 is 17.9 Å². The largest absolute Gasteiger partial charge is 0.466 e. The molecule has 1 amide bonds. The molecule has 0 radical (unpaired) electrons. The van der Waals surface area contributed by atoms with E-state index in [4.69, 9.17) is 4.74 Å². The summed E-state index contributed by atoms with van der Waals surface area (Å²) in [5, 5.41) is 8.83. The van der Waals surface area contributed by atoms with Crippen molar-refractivity contribution in [1.29, 1.82) is 0 Å². The van der Waals surface area contributed by atoms with Gasteiger partial charge in [0.05, 0.1) is 7.11 Å². The SMILES string of the molecule is CCc1ccc(/C=C/C(=O)Nc2nc(OC)n[nH]2)cc1. The summed E-state index contributed by atoms with van der Waals surface area (Å²) in [5.41, 5.74) is 2.23. The number of carbonyl (C=O) groups is 1. The molecule has 2 rings (SSSR count). The minimum atomic E-state index is -0.289. The Hall–Kier alpha value is -2.63. The van der Waals surface area contributed by atoms with Crippen molar-refractivity contribution in [3.05, 3.63) is 41.5 Å². The van der Waals surface area contributed by atoms with E-state index >= 15 is 0 Å². The number of rotatable bonds is 5. The number of anilines is 1. The van der Waals surface area contributed by atoms with Crippen molar-refractivity contribution in [1.82, 2.24) is 15.2 Å². The van der Waals surface area contributed by atoms with E-state index in [1.165, 1.54) is 18.7 Å². The molecule has 0 atom stereocenters. The maximum atomic E-state index is 11.7. The molecule has 0 bridgehead atoms. The highest BCUT2D eigenvalue weighted by Gasteiger charge is 2.04. The van der Waals surface area contributed by atoms with Crippen LogP contribution in [-0.2, 0) is 11.2 Å². The molecule has 2 aromatic rings. The summed E-state index contributed by atoms with van der Waals surface area (Å²) >= 11 is 0. The Balaban J connectivity index is 1.94. The Morgan fingerprint density at radius 2 is 2.15 bits per heavy atom. The summed E-state index contributed by atoms with van der Waals surface area (Å²) in [7, 11) is 1.45. The molecule has 6 nitrogen and oxygen atoms in total. The first-order chi connectivity index (χ1) is 9.71. The van der Waals surface area contributed by atoms with E-state index in [1.807, 2.05) is 24.3 Å². The maximum Gasteiger partial charge on any atom is 0.336 e. The zero-order valence-corrected chi connectivity index (χ0v) is 11.4. The van der Waals surface area contributed by atoms with Crippen LogP contribution in [0.25, 0.3) is 6.08 Å². The molecule has 6 heteroatoms. The van der Waals surface area contributed by atoms with Crippen LogP contribution in [0.2, 0.25) is 0 Å². The number of methoxy groups -OCH3 is 1. The maximum absolute atomic E-state index is 11.7. The minimum Gasteiger partial charge on any atom is -0.466 e. The quantitative estimate of drug-likeness (QED) is 0.816. The van der Waals surface area contributed by atoms with Crippen LogP contribution >= 0.6 is 0 Å². The zero-order chi connectivity index (χ0) is 14.4. The number of hydrogen-bond donors (Lipinski definition) is 2. The molecule has 0 saturated heterocycles. The Morgan fingerprint density at radius 3 is 2.75 bits per heavy atom. The van der Waals surface area contributed by atoms with Crippen molar-refractivity contribution in [3.63, 3.8) is 0 Å². The molecule has 2 N–H and O–H groups in total. The summed E-state index contributed by atoms with van der Waals surface area (Å²) in [4.78, 5) is 15.6. The molecule has 20 heavy (non-hydrogen) atoms. The fourth-order valence-electron chi connectivity index (χ4n) is 1.59. The van der Waals surface area contributed by atoms with Crippen LogP contribution < -0.4 is 10.1 Å². The lowest BCUT2D eigenvalue weighted by molar-refractivity contribution is -0.111. The van der Waals surface area contributed by atoms with Gasteiger partial charge in [-0.15, -0.1) is 5.10 Å². The highest BCUT2D eigenvalue weighted by Crippen LogP contribution is 2.08. The van der Waals surface area contributed by atoms with Gasteiger partial charge in [-0.25, -0.2) is 5.10 Å². The predicted molar refractivity (Wildman–Crippen MR) is 76.4 cm³/mol. The first-order valence-electron chi connectivity index (χ1n) is 6.25. The molecule has 1 aromatic heterocycles. The molecule has 0 aliphatic heterocycles. The number of aromatic amines is 1. The third-order valence-electron chi connectivity index (χ3n) is 2.70. The third kappa shape index (κ3) is 3.68. The zero-order valence-electron chi connectivity index (χ0n) is 11.4. The molecule has 0 aliphatic rings. The molecular formula is C14H16N4O2. The van der Waals surface area contributed by atoms with Crippen molar-refractivity contribution in [2.24, 2.45) is 0 Å². The van der Waals surface area contributed by atoms with Crippen molar-refractivity contribution in [2.45, 2.75) is 13.3 Å². The first-order valence-corrected chi connectivity index (χ1v) is 6.25. The van der Waals surface area contributed by atoms with Crippen molar-refractivity contribution < 1.29 is 9.53 Å². The number of ether oxygens (including phenoxy) is 1. The van der Waals surface area contributed by atoms with Crippen LogP contribution in [0.1, 0.15) is 18.1 Å². The second-order valence-corrected chi connectivity index (χ2v) is 4.09. The molecule has 1 heterocycles. The van der Waals surface area contributed by atoms with Crippen molar-refractivity contribution in [2.75, 3.05) is 12.4 Å². The highest BCUT2D eigenvalue weighted by atomic mass is 16.5. The molecule has 0 spiro atoms. The number of nitrogens with zero attached hydrogens (tertiary/aromatic N) is 2. The molecule has 0 aliphatic carbocycles. The molecule has 0 fully saturated rings. The van der Waals surface area contributed by atoms with E-state index in [-0.39, 0.29) is 17.9 Å². The average molecular weight is 272 g/mol. The molecule has 0 saturated carbocycles. The van der Waals surface area contributed by atoms with Gasteiger partial charge in [-0.2, -0.15) is 4.98 Å². The number of carbonyl (C=O) groups excluding carboxylic acids is 1. The average Bonchev–Trinajstić information content (AvgIpc) is 2.93. The van der Waals surface area contributed by atoms with E-state index in [0.717, 1.165) is 12.0 Å². The standard InChI is InChI=1S/C14H16N4O2/c1-3-10-4-6-11(7-5-10)8-9-12(19)15-13-16-14(20-2)18-17-13/h4-9H,3H2,1-2H3,(H2,15,16,17,18,19)/b9-8+. The van der Waals surface area contributed by atoms with Gasteiger partial charge in [-0.1, -0.05) is 31.2 Å². The van der Waals surface area contributed by atoms with E-state index in [1.54, 1.807) is 6.08 Å². The topological polar surface area (TPSA) is 79.9 Å². The van der Waals surface area contributed by atoms with Crippen LogP contribution in [0, 0.1) is 0 Å². The fraction of sp³-hybridized carbons (Fsp3) is 0.214. The summed E-state index contributed by atoms with van der Waals surface area (Å²) in [6.07, 6.45) is 4.18.